The molecule has 1 aliphatic rings. The Morgan fingerprint density at radius 3 is 2.79 bits per heavy atom. The van der Waals surface area contributed by atoms with E-state index in [2.05, 4.69) is 15.9 Å². The molecule has 1 saturated heterocycles. The molecular weight excluding hydrogens is 352 g/mol. The lowest BCUT2D eigenvalue weighted by atomic mass is 10.1. The fourth-order valence-electron chi connectivity index (χ4n) is 2.11. The number of sulfonamides is 1. The van der Waals surface area contributed by atoms with Gasteiger partial charge >= 0.3 is 0 Å². The largest absolute Gasteiger partial charge is 0.337 e. The number of likely N-dealkylation sites (tertiary alicyclic amines) is 1. The van der Waals surface area contributed by atoms with Crippen LogP contribution in [0.2, 0.25) is 0 Å². The number of aryl methyl sites for hydroxylation is 1. The number of carbonyl (C=O) groups is 1. The summed E-state index contributed by atoms with van der Waals surface area (Å²) in [6.07, 6.45) is 1.19. The maximum absolute atomic E-state index is 12.3. The molecule has 1 amide bonds. The SMILES string of the molecule is Cc1cc(C(=O)N2CCCC(S(N)(=O)=O)C2)sc1Br. The molecular formula is C11H15BrN2O3S2. The molecule has 2 N–H and O–H groups in total. The van der Waals surface area contributed by atoms with E-state index in [0.29, 0.717) is 24.3 Å². The number of halogens is 1. The first-order valence-electron chi connectivity index (χ1n) is 5.86. The topological polar surface area (TPSA) is 80.5 Å². The lowest BCUT2D eigenvalue weighted by molar-refractivity contribution is 0.0732. The smallest absolute Gasteiger partial charge is 0.264 e. The summed E-state index contributed by atoms with van der Waals surface area (Å²) in [7, 11) is -3.58. The summed E-state index contributed by atoms with van der Waals surface area (Å²) in [4.78, 5) is 14.5. The third-order valence-electron chi connectivity index (χ3n) is 3.20. The summed E-state index contributed by atoms with van der Waals surface area (Å²) in [5.74, 6) is -0.118. The molecule has 106 valence electrons. The van der Waals surface area contributed by atoms with Gasteiger partial charge in [-0.15, -0.1) is 11.3 Å². The van der Waals surface area contributed by atoms with Gasteiger partial charge < -0.3 is 4.90 Å². The first-order valence-corrected chi connectivity index (χ1v) is 9.07. The van der Waals surface area contributed by atoms with Gasteiger partial charge in [0.05, 0.1) is 13.9 Å². The van der Waals surface area contributed by atoms with Gasteiger partial charge in [-0.3, -0.25) is 4.79 Å². The van der Waals surface area contributed by atoms with Crippen molar-refractivity contribution in [1.82, 2.24) is 4.90 Å². The lowest BCUT2D eigenvalue weighted by Crippen LogP contribution is -2.46. The maximum Gasteiger partial charge on any atom is 0.264 e. The highest BCUT2D eigenvalue weighted by molar-refractivity contribution is 9.11. The number of primary sulfonamides is 1. The van der Waals surface area contributed by atoms with Crippen molar-refractivity contribution in [1.29, 1.82) is 0 Å². The van der Waals surface area contributed by atoms with Crippen molar-refractivity contribution in [2.75, 3.05) is 13.1 Å². The normalized spacial score (nSPS) is 20.6. The number of hydrogen-bond donors (Lipinski definition) is 1. The highest BCUT2D eigenvalue weighted by Crippen LogP contribution is 2.29. The number of amides is 1. The molecule has 1 aromatic heterocycles. The van der Waals surface area contributed by atoms with Crippen LogP contribution in [-0.4, -0.2) is 37.6 Å². The second-order valence-electron chi connectivity index (χ2n) is 4.67. The Morgan fingerprint density at radius 2 is 2.26 bits per heavy atom. The molecule has 2 rings (SSSR count). The standard InChI is InChI=1S/C11H15BrN2O3S2/c1-7-5-9(18-10(7)12)11(15)14-4-2-3-8(6-14)19(13,16)17/h5,8H,2-4,6H2,1H3,(H2,13,16,17). The van der Waals surface area contributed by atoms with Crippen LogP contribution in [0, 0.1) is 6.92 Å². The predicted octanol–water partition coefficient (Wildman–Crippen LogP) is 1.71. The van der Waals surface area contributed by atoms with Gasteiger partial charge in [-0.2, -0.15) is 0 Å². The molecule has 0 radical (unpaired) electrons. The number of hydrogen-bond acceptors (Lipinski definition) is 4. The van der Waals surface area contributed by atoms with Crippen molar-refractivity contribution in [3.63, 3.8) is 0 Å². The predicted molar refractivity (Wildman–Crippen MR) is 78.8 cm³/mol. The van der Waals surface area contributed by atoms with E-state index in [4.69, 9.17) is 5.14 Å². The number of carbonyl (C=O) groups excluding carboxylic acids is 1. The molecule has 0 aliphatic carbocycles. The average molecular weight is 367 g/mol. The number of nitrogens with two attached hydrogens (primary N) is 1. The average Bonchev–Trinajstić information content (AvgIpc) is 2.68. The molecule has 19 heavy (non-hydrogen) atoms. The van der Waals surface area contributed by atoms with E-state index in [1.807, 2.05) is 13.0 Å². The van der Waals surface area contributed by atoms with Crippen molar-refractivity contribution < 1.29 is 13.2 Å². The zero-order valence-corrected chi connectivity index (χ0v) is 13.6. The van der Waals surface area contributed by atoms with Crippen LogP contribution in [0.25, 0.3) is 0 Å². The van der Waals surface area contributed by atoms with Gasteiger partial charge in [-0.25, -0.2) is 13.6 Å². The third-order valence-corrected chi connectivity index (χ3v) is 6.64. The lowest BCUT2D eigenvalue weighted by Gasteiger charge is -2.31. The van der Waals surface area contributed by atoms with Gasteiger partial charge in [-0.1, -0.05) is 0 Å². The zero-order chi connectivity index (χ0) is 14.2. The van der Waals surface area contributed by atoms with E-state index in [9.17, 15) is 13.2 Å². The Kier molecular flexibility index (Phi) is 4.34. The van der Waals surface area contributed by atoms with E-state index in [0.717, 1.165) is 9.35 Å². The number of rotatable bonds is 2. The zero-order valence-electron chi connectivity index (χ0n) is 10.4. The second-order valence-corrected chi connectivity index (χ2v) is 8.89. The molecule has 1 aromatic rings. The highest BCUT2D eigenvalue weighted by atomic mass is 79.9. The maximum atomic E-state index is 12.3. The fraction of sp³-hybridized carbons (Fsp3) is 0.545. The molecule has 0 bridgehead atoms. The Bertz CT molecular complexity index is 578. The van der Waals surface area contributed by atoms with Gasteiger partial charge in [0, 0.05) is 13.1 Å². The highest BCUT2D eigenvalue weighted by Gasteiger charge is 2.31. The van der Waals surface area contributed by atoms with Crippen LogP contribution in [0.1, 0.15) is 28.1 Å². The minimum Gasteiger partial charge on any atom is -0.337 e. The monoisotopic (exact) mass is 366 g/mol. The molecule has 0 spiro atoms. The van der Waals surface area contributed by atoms with E-state index < -0.39 is 15.3 Å². The van der Waals surface area contributed by atoms with E-state index in [1.54, 1.807) is 4.90 Å². The minimum absolute atomic E-state index is 0.118. The first-order chi connectivity index (χ1) is 8.79. The van der Waals surface area contributed by atoms with Gasteiger partial charge in [0.15, 0.2) is 0 Å². The third kappa shape index (κ3) is 3.36. The summed E-state index contributed by atoms with van der Waals surface area (Å²) in [6, 6.07) is 1.82. The number of thiophene rings is 1. The molecule has 1 unspecified atom stereocenters. The molecule has 1 atom stereocenters. The van der Waals surface area contributed by atoms with Crippen LogP contribution in [0.3, 0.4) is 0 Å². The van der Waals surface area contributed by atoms with E-state index in [1.165, 1.54) is 11.3 Å². The summed E-state index contributed by atoms with van der Waals surface area (Å²) in [5.41, 5.74) is 1.01. The molecule has 1 aliphatic heterocycles. The summed E-state index contributed by atoms with van der Waals surface area (Å²) in [5, 5.41) is 4.53. The summed E-state index contributed by atoms with van der Waals surface area (Å²) in [6.45, 7) is 2.69. The molecule has 1 fully saturated rings. The van der Waals surface area contributed by atoms with Crippen LogP contribution in [0.4, 0.5) is 0 Å². The van der Waals surface area contributed by atoms with Crippen LogP contribution in [-0.2, 0) is 10.0 Å². The molecule has 0 aromatic carbocycles. The van der Waals surface area contributed by atoms with E-state index in [-0.39, 0.29) is 12.5 Å². The van der Waals surface area contributed by atoms with Gasteiger partial charge in [-0.05, 0) is 47.3 Å². The Hall–Kier alpha value is -0.440. The number of piperidine rings is 1. The van der Waals surface area contributed by atoms with Crippen molar-refractivity contribution in [3.8, 4) is 0 Å². The molecule has 8 heteroatoms. The van der Waals surface area contributed by atoms with Gasteiger partial charge in [0.1, 0.15) is 0 Å². The van der Waals surface area contributed by atoms with Crippen molar-refractivity contribution in [2.24, 2.45) is 5.14 Å². The van der Waals surface area contributed by atoms with Crippen molar-refractivity contribution >= 4 is 43.2 Å². The Balaban J connectivity index is 2.15. The van der Waals surface area contributed by atoms with Crippen molar-refractivity contribution in [2.45, 2.75) is 25.0 Å². The summed E-state index contributed by atoms with van der Waals surface area (Å²) >= 11 is 4.75. The van der Waals surface area contributed by atoms with Crippen LogP contribution >= 0.6 is 27.3 Å². The second kappa shape index (κ2) is 5.51. The van der Waals surface area contributed by atoms with Gasteiger partial charge in [0.25, 0.3) is 5.91 Å². The number of nitrogens with zero attached hydrogens (tertiary/aromatic N) is 1. The Morgan fingerprint density at radius 1 is 1.58 bits per heavy atom. The molecule has 2 heterocycles. The molecule has 0 saturated carbocycles. The first kappa shape index (κ1) is 15.0. The minimum atomic E-state index is -3.58. The van der Waals surface area contributed by atoms with Crippen LogP contribution in [0.15, 0.2) is 9.85 Å². The fourth-order valence-corrected chi connectivity index (χ4v) is 4.50. The van der Waals surface area contributed by atoms with Gasteiger partial charge in [0.2, 0.25) is 10.0 Å². The van der Waals surface area contributed by atoms with Crippen LogP contribution < -0.4 is 5.14 Å². The van der Waals surface area contributed by atoms with Crippen LogP contribution in [0.5, 0.6) is 0 Å². The quantitative estimate of drug-likeness (QED) is 0.864. The summed E-state index contributed by atoms with van der Waals surface area (Å²) < 4.78 is 23.7. The Labute approximate surface area is 125 Å². The molecule has 5 nitrogen and oxygen atoms in total. The van der Waals surface area contributed by atoms with Crippen molar-refractivity contribution in [3.05, 3.63) is 20.3 Å². The van der Waals surface area contributed by atoms with E-state index >= 15 is 0 Å².